The summed E-state index contributed by atoms with van der Waals surface area (Å²) in [6.07, 6.45) is -1.48. The van der Waals surface area contributed by atoms with Crippen molar-refractivity contribution < 1.29 is 22.8 Å². The van der Waals surface area contributed by atoms with E-state index in [-0.39, 0.29) is 24.6 Å². The van der Waals surface area contributed by atoms with Crippen molar-refractivity contribution in [3.63, 3.8) is 0 Å². The third-order valence-electron chi connectivity index (χ3n) is 6.45. The summed E-state index contributed by atoms with van der Waals surface area (Å²) in [5, 5.41) is 0. The molecule has 0 aliphatic carbocycles. The molecule has 2 aromatic carbocycles. The van der Waals surface area contributed by atoms with Gasteiger partial charge in [-0.1, -0.05) is 42.5 Å². The van der Waals surface area contributed by atoms with Gasteiger partial charge in [0.1, 0.15) is 6.04 Å². The van der Waals surface area contributed by atoms with Gasteiger partial charge in [-0.2, -0.15) is 13.2 Å². The third kappa shape index (κ3) is 5.21. The zero-order chi connectivity index (χ0) is 23.4. The van der Waals surface area contributed by atoms with Crippen molar-refractivity contribution in [2.45, 2.75) is 31.5 Å². The number of hydrogen-bond acceptors (Lipinski definition) is 3. The lowest BCUT2D eigenvalue weighted by Gasteiger charge is -2.41. The number of piperidine rings is 1. The van der Waals surface area contributed by atoms with Gasteiger partial charge in [-0.15, -0.1) is 0 Å². The van der Waals surface area contributed by atoms with Crippen LogP contribution >= 0.6 is 0 Å². The molecule has 33 heavy (non-hydrogen) atoms. The molecule has 2 aliphatic heterocycles. The van der Waals surface area contributed by atoms with Crippen molar-refractivity contribution in [1.29, 1.82) is 0 Å². The highest BCUT2D eigenvalue weighted by molar-refractivity contribution is 5.96. The van der Waals surface area contributed by atoms with Crippen LogP contribution in [0.1, 0.15) is 46.8 Å². The molecule has 1 unspecified atom stereocenters. The van der Waals surface area contributed by atoms with Crippen LogP contribution in [0.25, 0.3) is 0 Å². The molecule has 0 aromatic heterocycles. The lowest BCUT2D eigenvalue weighted by Crippen LogP contribution is -2.53. The topological polar surface area (TPSA) is 43.9 Å². The summed E-state index contributed by atoms with van der Waals surface area (Å²) in [7, 11) is 0. The van der Waals surface area contributed by atoms with E-state index in [0.29, 0.717) is 13.1 Å². The van der Waals surface area contributed by atoms with Gasteiger partial charge in [0.2, 0.25) is 5.91 Å². The number of hydrogen-bond donors (Lipinski definition) is 0. The molecule has 0 spiro atoms. The van der Waals surface area contributed by atoms with Gasteiger partial charge < -0.3 is 9.80 Å². The maximum Gasteiger partial charge on any atom is 0.417 e. The smallest absolute Gasteiger partial charge is 0.341 e. The number of nitrogens with zero attached hydrogens (tertiary/aromatic N) is 3. The third-order valence-corrected chi connectivity index (χ3v) is 6.45. The van der Waals surface area contributed by atoms with Gasteiger partial charge in [-0.05, 0) is 37.0 Å². The minimum atomic E-state index is -4.59. The number of rotatable bonds is 4. The summed E-state index contributed by atoms with van der Waals surface area (Å²) >= 11 is 0. The summed E-state index contributed by atoms with van der Waals surface area (Å²) in [6, 6.07) is 14.0. The molecular formula is C25H28F3N3O2. The fraction of sp³-hybridized carbons (Fsp3) is 0.440. The van der Waals surface area contributed by atoms with Gasteiger partial charge >= 0.3 is 6.18 Å². The molecular weight excluding hydrogens is 431 g/mol. The first-order valence-corrected chi connectivity index (χ1v) is 11.4. The van der Waals surface area contributed by atoms with E-state index >= 15 is 0 Å². The van der Waals surface area contributed by atoms with Crippen molar-refractivity contribution in [1.82, 2.24) is 14.7 Å². The Balaban J connectivity index is 1.50. The molecule has 2 amide bonds. The van der Waals surface area contributed by atoms with Gasteiger partial charge in [0, 0.05) is 39.3 Å². The SMILES string of the molecule is O=C(c1ccccc1C(F)(F)F)N1CCN(C(C(=O)N2CCCCC2)c2ccccc2)CC1. The van der Waals surface area contributed by atoms with Crippen LogP contribution in [0.5, 0.6) is 0 Å². The fourth-order valence-corrected chi connectivity index (χ4v) is 4.70. The fourth-order valence-electron chi connectivity index (χ4n) is 4.70. The zero-order valence-corrected chi connectivity index (χ0v) is 18.4. The van der Waals surface area contributed by atoms with Crippen LogP contribution in [0, 0.1) is 0 Å². The van der Waals surface area contributed by atoms with Crippen molar-refractivity contribution in [3.05, 3.63) is 71.3 Å². The molecule has 1 atom stereocenters. The molecule has 2 aliphatic rings. The second-order valence-corrected chi connectivity index (χ2v) is 8.57. The minimum Gasteiger partial charge on any atom is -0.341 e. The zero-order valence-electron chi connectivity index (χ0n) is 18.4. The molecule has 0 bridgehead atoms. The number of carbonyl (C=O) groups excluding carboxylic acids is 2. The molecule has 2 aromatic rings. The van der Waals surface area contributed by atoms with E-state index in [9.17, 15) is 22.8 Å². The number of alkyl halides is 3. The molecule has 2 fully saturated rings. The largest absolute Gasteiger partial charge is 0.417 e. The number of piperazine rings is 1. The highest BCUT2D eigenvalue weighted by atomic mass is 19.4. The van der Waals surface area contributed by atoms with Crippen LogP contribution in [-0.2, 0) is 11.0 Å². The predicted octanol–water partition coefficient (Wildman–Crippen LogP) is 4.22. The number of benzene rings is 2. The van der Waals surface area contributed by atoms with Gasteiger partial charge in [0.15, 0.2) is 0 Å². The first-order chi connectivity index (χ1) is 15.9. The lowest BCUT2D eigenvalue weighted by atomic mass is 10.0. The molecule has 4 rings (SSSR count). The quantitative estimate of drug-likeness (QED) is 0.688. The second-order valence-electron chi connectivity index (χ2n) is 8.57. The van der Waals surface area contributed by atoms with Crippen LogP contribution in [0.2, 0.25) is 0 Å². The molecule has 2 saturated heterocycles. The van der Waals surface area contributed by atoms with Gasteiger partial charge in [0.25, 0.3) is 5.91 Å². The molecule has 0 radical (unpaired) electrons. The Hall–Kier alpha value is -2.87. The van der Waals surface area contributed by atoms with Gasteiger partial charge in [-0.25, -0.2) is 0 Å². The molecule has 8 heteroatoms. The minimum absolute atomic E-state index is 0.0584. The summed E-state index contributed by atoms with van der Waals surface area (Å²) in [6.45, 7) is 2.85. The Bertz CT molecular complexity index is 966. The molecule has 176 valence electrons. The molecule has 0 saturated carbocycles. The normalized spacial score (nSPS) is 18.8. The summed E-state index contributed by atoms with van der Waals surface area (Å²) < 4.78 is 40.1. The Kier molecular flexibility index (Phi) is 7.02. The first kappa shape index (κ1) is 23.3. The average molecular weight is 460 g/mol. The highest BCUT2D eigenvalue weighted by Gasteiger charge is 2.38. The van der Waals surface area contributed by atoms with E-state index in [1.165, 1.54) is 23.1 Å². The second kappa shape index (κ2) is 9.95. The summed E-state index contributed by atoms with van der Waals surface area (Å²) in [5.74, 6) is -0.565. The van der Waals surface area contributed by atoms with Crippen LogP contribution in [0.3, 0.4) is 0 Å². The highest BCUT2D eigenvalue weighted by Crippen LogP contribution is 2.33. The Labute approximate surface area is 191 Å². The van der Waals surface area contributed by atoms with Crippen LogP contribution < -0.4 is 0 Å². The summed E-state index contributed by atoms with van der Waals surface area (Å²) in [4.78, 5) is 31.8. The lowest BCUT2D eigenvalue weighted by molar-refractivity contribution is -0.139. The summed E-state index contributed by atoms with van der Waals surface area (Å²) in [5.41, 5.74) is -0.349. The van der Waals surface area contributed by atoms with Crippen LogP contribution in [-0.4, -0.2) is 65.8 Å². The van der Waals surface area contributed by atoms with Crippen LogP contribution in [0.15, 0.2) is 54.6 Å². The molecule has 2 heterocycles. The Morgan fingerprint density at radius 2 is 1.33 bits per heavy atom. The van der Waals surface area contributed by atoms with Crippen molar-refractivity contribution in [3.8, 4) is 0 Å². The number of likely N-dealkylation sites (tertiary alicyclic amines) is 1. The Morgan fingerprint density at radius 3 is 1.97 bits per heavy atom. The maximum atomic E-state index is 13.5. The van der Waals surface area contributed by atoms with Crippen molar-refractivity contribution in [2.24, 2.45) is 0 Å². The monoisotopic (exact) mass is 459 g/mol. The molecule has 0 N–H and O–H groups in total. The van der Waals surface area contributed by atoms with Crippen LogP contribution in [0.4, 0.5) is 13.2 Å². The van der Waals surface area contributed by atoms with Gasteiger partial charge in [0.05, 0.1) is 11.1 Å². The van der Waals surface area contributed by atoms with Crippen molar-refractivity contribution in [2.75, 3.05) is 39.3 Å². The Morgan fingerprint density at radius 1 is 0.727 bits per heavy atom. The van der Waals surface area contributed by atoms with Gasteiger partial charge in [-0.3, -0.25) is 14.5 Å². The van der Waals surface area contributed by atoms with E-state index in [0.717, 1.165) is 44.0 Å². The number of amides is 2. The van der Waals surface area contributed by atoms with E-state index in [1.807, 2.05) is 40.1 Å². The molecule has 5 nitrogen and oxygen atoms in total. The van der Waals surface area contributed by atoms with E-state index in [1.54, 1.807) is 0 Å². The number of halogens is 3. The van der Waals surface area contributed by atoms with E-state index < -0.39 is 23.7 Å². The maximum absolute atomic E-state index is 13.5. The van der Waals surface area contributed by atoms with E-state index in [2.05, 4.69) is 0 Å². The average Bonchev–Trinajstić information content (AvgIpc) is 2.85. The number of carbonyl (C=O) groups is 2. The first-order valence-electron chi connectivity index (χ1n) is 11.4. The standard InChI is InChI=1S/C25H28F3N3O2/c26-25(27,28)21-12-6-5-11-20(21)23(32)31-17-15-29(16-18-31)22(19-9-3-1-4-10-19)24(33)30-13-7-2-8-14-30/h1,3-6,9-12,22H,2,7-8,13-18H2. The predicted molar refractivity (Wildman–Crippen MR) is 119 cm³/mol. The van der Waals surface area contributed by atoms with Crippen molar-refractivity contribution >= 4 is 11.8 Å². The van der Waals surface area contributed by atoms with E-state index in [4.69, 9.17) is 0 Å².